The molecule has 4 aromatic rings. The van der Waals surface area contributed by atoms with Crippen molar-refractivity contribution in [2.75, 3.05) is 12.4 Å². The Labute approximate surface area is 170 Å². The van der Waals surface area contributed by atoms with E-state index in [1.807, 2.05) is 24.3 Å². The van der Waals surface area contributed by atoms with Crippen LogP contribution in [-0.4, -0.2) is 25.1 Å². The fraction of sp³-hybridized carbons (Fsp3) is 0.0455. The van der Waals surface area contributed by atoms with Crippen molar-refractivity contribution in [1.29, 1.82) is 0 Å². The minimum Gasteiger partial charge on any atom is -0.495 e. The normalized spacial score (nSPS) is 11.1. The Balaban J connectivity index is 1.52. The molecule has 0 saturated carbocycles. The lowest BCUT2D eigenvalue weighted by Gasteiger charge is -2.09. The molecule has 8 heteroatoms. The predicted octanol–water partition coefficient (Wildman–Crippen LogP) is 3.82. The maximum absolute atomic E-state index is 13.5. The number of furan rings is 1. The zero-order valence-corrected chi connectivity index (χ0v) is 15.8. The third kappa shape index (κ3) is 3.70. The molecule has 0 unspecified atom stereocenters. The quantitative estimate of drug-likeness (QED) is 0.307. The molecule has 4 rings (SSSR count). The molecule has 7 nitrogen and oxygen atoms in total. The highest BCUT2D eigenvalue weighted by Crippen LogP contribution is 2.36. The molecule has 2 amide bonds. The van der Waals surface area contributed by atoms with Gasteiger partial charge in [-0.15, -0.1) is 0 Å². The van der Waals surface area contributed by atoms with Gasteiger partial charge in [0.2, 0.25) is 0 Å². The van der Waals surface area contributed by atoms with Crippen molar-refractivity contribution < 1.29 is 23.1 Å². The van der Waals surface area contributed by atoms with Gasteiger partial charge in [-0.25, -0.2) is 9.82 Å². The maximum Gasteiger partial charge on any atom is 0.329 e. The first-order chi connectivity index (χ1) is 14.6. The lowest BCUT2D eigenvalue weighted by atomic mass is 10.1. The molecule has 0 fully saturated rings. The van der Waals surface area contributed by atoms with Gasteiger partial charge in [0.1, 0.15) is 22.7 Å². The van der Waals surface area contributed by atoms with Crippen LogP contribution in [0.2, 0.25) is 0 Å². The summed E-state index contributed by atoms with van der Waals surface area (Å²) in [6.45, 7) is 0. The van der Waals surface area contributed by atoms with Crippen molar-refractivity contribution in [3.63, 3.8) is 0 Å². The second-order valence-electron chi connectivity index (χ2n) is 6.32. The van der Waals surface area contributed by atoms with Crippen LogP contribution < -0.4 is 15.5 Å². The van der Waals surface area contributed by atoms with Crippen molar-refractivity contribution in [3.05, 3.63) is 72.0 Å². The number of rotatable bonds is 4. The summed E-state index contributed by atoms with van der Waals surface area (Å²) in [5, 5.41) is 7.81. The van der Waals surface area contributed by atoms with E-state index in [9.17, 15) is 14.0 Å². The Bertz CT molecular complexity index is 1300. The monoisotopic (exact) mass is 405 g/mol. The number of hydrogen-bond donors (Lipinski definition) is 2. The van der Waals surface area contributed by atoms with Crippen molar-refractivity contribution in [2.24, 2.45) is 5.10 Å². The minimum atomic E-state index is -1.02. The number of fused-ring (bicyclic) bond motifs is 3. The number of methoxy groups -OCH3 is 1. The molecule has 30 heavy (non-hydrogen) atoms. The number of carbonyl (C=O) groups excluding carboxylic acids is 2. The molecule has 1 heterocycles. The van der Waals surface area contributed by atoms with Crippen LogP contribution in [0.1, 0.15) is 5.56 Å². The first kappa shape index (κ1) is 19.1. The van der Waals surface area contributed by atoms with Crippen molar-refractivity contribution in [1.82, 2.24) is 5.43 Å². The molecule has 0 aliphatic carbocycles. The van der Waals surface area contributed by atoms with E-state index in [4.69, 9.17) is 9.15 Å². The summed E-state index contributed by atoms with van der Waals surface area (Å²) < 4.78 is 24.7. The van der Waals surface area contributed by atoms with Gasteiger partial charge < -0.3 is 14.5 Å². The average Bonchev–Trinajstić information content (AvgIpc) is 3.11. The molecule has 150 valence electrons. The van der Waals surface area contributed by atoms with Gasteiger partial charge in [0.15, 0.2) is 0 Å². The maximum atomic E-state index is 13.5. The number of benzene rings is 3. The number of nitrogens with one attached hydrogen (secondary N) is 2. The van der Waals surface area contributed by atoms with E-state index in [0.29, 0.717) is 16.9 Å². The zero-order chi connectivity index (χ0) is 21.1. The fourth-order valence-electron chi connectivity index (χ4n) is 2.99. The molecular formula is C22H16FN3O4. The summed E-state index contributed by atoms with van der Waals surface area (Å²) in [5.41, 5.74) is 3.73. The molecule has 0 spiro atoms. The van der Waals surface area contributed by atoms with Crippen LogP contribution in [0.25, 0.3) is 21.9 Å². The summed E-state index contributed by atoms with van der Waals surface area (Å²) in [6.07, 6.45) is 1.11. The van der Waals surface area contributed by atoms with Gasteiger partial charge in [-0.05, 0) is 18.2 Å². The number of para-hydroxylation sites is 1. The lowest BCUT2D eigenvalue weighted by molar-refractivity contribution is -0.136. The van der Waals surface area contributed by atoms with E-state index in [2.05, 4.69) is 15.8 Å². The predicted molar refractivity (Wildman–Crippen MR) is 111 cm³/mol. The van der Waals surface area contributed by atoms with E-state index in [1.54, 1.807) is 18.2 Å². The van der Waals surface area contributed by atoms with Crippen molar-refractivity contribution in [3.8, 4) is 5.75 Å². The van der Waals surface area contributed by atoms with Gasteiger partial charge in [-0.3, -0.25) is 9.59 Å². The second kappa shape index (κ2) is 8.04. The molecule has 2 N–H and O–H groups in total. The molecule has 0 radical (unpaired) electrons. The smallest absolute Gasteiger partial charge is 0.329 e. The summed E-state index contributed by atoms with van der Waals surface area (Å²) in [4.78, 5) is 24.3. The molecule has 1 aromatic heterocycles. The number of nitrogens with zero attached hydrogens (tertiary/aromatic N) is 1. The molecule has 0 saturated heterocycles. The van der Waals surface area contributed by atoms with Crippen LogP contribution in [0, 0.1) is 5.82 Å². The third-order valence-corrected chi connectivity index (χ3v) is 4.43. The molecule has 3 aromatic carbocycles. The van der Waals surface area contributed by atoms with E-state index >= 15 is 0 Å². The number of hydrogen-bond acceptors (Lipinski definition) is 5. The first-order valence-corrected chi connectivity index (χ1v) is 8.95. The highest BCUT2D eigenvalue weighted by Gasteiger charge is 2.18. The van der Waals surface area contributed by atoms with Gasteiger partial charge in [-0.2, -0.15) is 5.10 Å². The summed E-state index contributed by atoms with van der Waals surface area (Å²) in [5.74, 6) is -2.11. The van der Waals surface area contributed by atoms with Crippen LogP contribution in [0.5, 0.6) is 5.75 Å². The topological polar surface area (TPSA) is 92.9 Å². The average molecular weight is 405 g/mol. The van der Waals surface area contributed by atoms with Crippen LogP contribution >= 0.6 is 0 Å². The number of halogens is 1. The van der Waals surface area contributed by atoms with Crippen LogP contribution in [0.4, 0.5) is 10.1 Å². The Morgan fingerprint density at radius 3 is 2.57 bits per heavy atom. The molecule has 0 aliphatic rings. The Hall–Kier alpha value is -4.20. The molecule has 0 aliphatic heterocycles. The Kier molecular flexibility index (Phi) is 5.13. The van der Waals surface area contributed by atoms with Gasteiger partial charge in [0.25, 0.3) is 0 Å². The zero-order valence-electron chi connectivity index (χ0n) is 15.8. The van der Waals surface area contributed by atoms with E-state index < -0.39 is 17.6 Å². The third-order valence-electron chi connectivity index (χ3n) is 4.43. The van der Waals surface area contributed by atoms with Gasteiger partial charge in [0.05, 0.1) is 19.0 Å². The number of ether oxygens (including phenoxy) is 1. The fourth-order valence-corrected chi connectivity index (χ4v) is 2.99. The molecular weight excluding hydrogens is 389 g/mol. The molecule has 0 bridgehead atoms. The van der Waals surface area contributed by atoms with E-state index in [-0.39, 0.29) is 11.3 Å². The highest BCUT2D eigenvalue weighted by atomic mass is 19.1. The summed E-state index contributed by atoms with van der Waals surface area (Å²) >= 11 is 0. The van der Waals surface area contributed by atoms with Crippen molar-refractivity contribution >= 4 is 45.7 Å². The van der Waals surface area contributed by atoms with Crippen molar-refractivity contribution in [2.45, 2.75) is 0 Å². The number of hydrazone groups is 1. The van der Waals surface area contributed by atoms with Crippen LogP contribution in [0.15, 0.2) is 70.2 Å². The number of anilines is 1. The Morgan fingerprint density at radius 2 is 1.77 bits per heavy atom. The van der Waals surface area contributed by atoms with Gasteiger partial charge >= 0.3 is 11.8 Å². The SMILES string of the molecule is COc1cc2c(cc1NC(=O)C(=O)N/N=C\c1ccccc1F)oc1ccccc12. The largest absolute Gasteiger partial charge is 0.495 e. The summed E-state index contributed by atoms with van der Waals surface area (Å²) in [7, 11) is 1.46. The molecule has 0 atom stereocenters. The van der Waals surface area contributed by atoms with Crippen LogP contribution in [-0.2, 0) is 9.59 Å². The lowest BCUT2D eigenvalue weighted by Crippen LogP contribution is -2.32. The minimum absolute atomic E-state index is 0.176. The van der Waals surface area contributed by atoms with Crippen LogP contribution in [0.3, 0.4) is 0 Å². The van der Waals surface area contributed by atoms with E-state index in [0.717, 1.165) is 17.0 Å². The standard InChI is InChI=1S/C22H16FN3O4/c1-29-20-10-15-14-7-3-5-9-18(14)30-19(15)11-17(20)25-21(27)22(28)26-24-12-13-6-2-4-8-16(13)23/h2-12H,1H3,(H,25,27)(H,26,28)/b24-12-. The number of amides is 2. The second-order valence-corrected chi connectivity index (χ2v) is 6.32. The first-order valence-electron chi connectivity index (χ1n) is 8.95. The Morgan fingerprint density at radius 1 is 1.00 bits per heavy atom. The highest BCUT2D eigenvalue weighted by molar-refractivity contribution is 6.39. The van der Waals surface area contributed by atoms with Gasteiger partial charge in [-0.1, -0.05) is 36.4 Å². The van der Waals surface area contributed by atoms with Gasteiger partial charge in [0, 0.05) is 22.4 Å². The number of carbonyl (C=O) groups is 2. The van der Waals surface area contributed by atoms with E-state index in [1.165, 1.54) is 25.3 Å². The summed E-state index contributed by atoms with van der Waals surface area (Å²) in [6, 6.07) is 16.7.